The highest BCUT2D eigenvalue weighted by molar-refractivity contribution is 5.30. The predicted octanol–water partition coefficient (Wildman–Crippen LogP) is 5.14. The summed E-state index contributed by atoms with van der Waals surface area (Å²) in [5, 5.41) is 12.2. The predicted molar refractivity (Wildman–Crippen MR) is 132 cm³/mol. The Morgan fingerprint density at radius 1 is 0.971 bits per heavy atom. The second-order valence-electron chi connectivity index (χ2n) is 11.5. The van der Waals surface area contributed by atoms with Crippen molar-refractivity contribution in [1.29, 1.82) is 0 Å². The Morgan fingerprint density at radius 3 is 2.49 bits per heavy atom. The van der Waals surface area contributed by atoms with Crippen LogP contribution in [0.1, 0.15) is 81.4 Å². The summed E-state index contributed by atoms with van der Waals surface area (Å²) in [6.07, 6.45) is 13.5. The topological polar surface area (TPSA) is 64.7 Å². The van der Waals surface area contributed by atoms with Crippen molar-refractivity contribution < 1.29 is 23.5 Å². The summed E-state index contributed by atoms with van der Waals surface area (Å²) in [7, 11) is 0. The normalized spacial score (nSPS) is 33.5. The lowest BCUT2D eigenvalue weighted by Crippen LogP contribution is -2.64. The number of fused-ring (bicyclic) bond motifs is 3. The highest BCUT2D eigenvalue weighted by Gasteiger charge is 2.49. The average Bonchev–Trinajstić information content (AvgIpc) is 3.39. The number of aromatic nitrogens is 1. The molecule has 2 aromatic rings. The van der Waals surface area contributed by atoms with E-state index in [2.05, 4.69) is 0 Å². The molecule has 1 aliphatic carbocycles. The van der Waals surface area contributed by atoms with E-state index in [1.54, 1.807) is 0 Å². The van der Waals surface area contributed by atoms with Gasteiger partial charge in [-0.15, -0.1) is 0 Å². The van der Waals surface area contributed by atoms with Gasteiger partial charge >= 0.3 is 0 Å². The molecule has 4 aliphatic heterocycles. The van der Waals surface area contributed by atoms with Crippen LogP contribution in [0.25, 0.3) is 0 Å². The molecule has 3 atom stereocenters. The highest BCUT2D eigenvalue weighted by Crippen LogP contribution is 2.44. The third-order valence-corrected chi connectivity index (χ3v) is 9.29. The van der Waals surface area contributed by atoms with Crippen LogP contribution in [-0.2, 0) is 21.6 Å². The average molecular weight is 482 g/mol. The fraction of sp³-hybridized carbons (Fsp3) is 0.690. The van der Waals surface area contributed by atoms with Crippen molar-refractivity contribution in [3.63, 3.8) is 0 Å². The Hall–Kier alpha value is -1.73. The summed E-state index contributed by atoms with van der Waals surface area (Å²) < 4.78 is 19.8. The standard InChI is InChI=1S/C29H41N2O4/c32-29(23-9-3-1-4-10-23,24-11-5-2-6-12-24)28-30-19-25(34-28)20-31-16-14-22(15-17-31)26(21-31)35-27-13-7-8-18-33-27/h1,3-4,9-10,19,22,24,26-27,32H,2,5-8,11-18,20-21H2/q+1/t22?,26-,27?,29-,31?/m0/s1. The maximum absolute atomic E-state index is 12.2. The number of quaternary nitrogens is 1. The Morgan fingerprint density at radius 2 is 1.74 bits per heavy atom. The zero-order chi connectivity index (χ0) is 23.7. The van der Waals surface area contributed by atoms with Gasteiger partial charge in [0.05, 0.1) is 19.3 Å². The number of aliphatic hydroxyl groups is 1. The molecule has 2 bridgehead atoms. The maximum atomic E-state index is 12.2. The van der Waals surface area contributed by atoms with Gasteiger partial charge in [0.2, 0.25) is 5.89 Å². The zero-order valence-electron chi connectivity index (χ0n) is 20.9. The minimum atomic E-state index is -1.17. The van der Waals surface area contributed by atoms with Crippen LogP contribution in [-0.4, -0.2) is 53.2 Å². The van der Waals surface area contributed by atoms with Gasteiger partial charge in [0.1, 0.15) is 19.2 Å². The van der Waals surface area contributed by atoms with Gasteiger partial charge in [0.15, 0.2) is 17.7 Å². The van der Waals surface area contributed by atoms with E-state index in [0.29, 0.717) is 11.8 Å². The second-order valence-corrected chi connectivity index (χ2v) is 11.5. The van der Waals surface area contributed by atoms with Crippen LogP contribution < -0.4 is 0 Å². The number of nitrogens with zero attached hydrogens (tertiary/aromatic N) is 2. The quantitative estimate of drug-likeness (QED) is 0.555. The fourth-order valence-electron chi connectivity index (χ4n) is 7.24. The first-order chi connectivity index (χ1) is 17.1. The molecule has 1 N–H and O–H groups in total. The lowest BCUT2D eigenvalue weighted by Gasteiger charge is -2.52. The van der Waals surface area contributed by atoms with E-state index in [1.165, 1.54) is 25.7 Å². The van der Waals surface area contributed by atoms with Gasteiger partial charge in [-0.25, -0.2) is 4.98 Å². The number of piperidine rings is 3. The monoisotopic (exact) mass is 481 g/mol. The maximum Gasteiger partial charge on any atom is 0.231 e. The zero-order valence-corrected chi connectivity index (χ0v) is 20.9. The Balaban J connectivity index is 1.21. The summed E-state index contributed by atoms with van der Waals surface area (Å²) in [6.45, 7) is 5.00. The molecule has 1 saturated carbocycles. The minimum Gasteiger partial charge on any atom is -0.436 e. The molecule has 7 rings (SSSR count). The van der Waals surface area contributed by atoms with Crippen molar-refractivity contribution >= 4 is 0 Å². The first-order valence-corrected chi connectivity index (χ1v) is 14.0. The van der Waals surface area contributed by atoms with Crippen LogP contribution in [0.15, 0.2) is 40.9 Å². The van der Waals surface area contributed by atoms with Crippen LogP contribution >= 0.6 is 0 Å². The van der Waals surface area contributed by atoms with Gasteiger partial charge < -0.3 is 23.5 Å². The fourth-order valence-corrected chi connectivity index (χ4v) is 7.24. The SMILES string of the molecule is O[C@](c1ccccc1)(c1ncc(C[N+]23CCC(CC2)[C@@H](OC2CCCCO2)C3)o1)C1CCCCC1. The molecule has 4 saturated heterocycles. The van der Waals surface area contributed by atoms with Crippen LogP contribution in [0.2, 0.25) is 0 Å². The van der Waals surface area contributed by atoms with Crippen LogP contribution in [0.4, 0.5) is 0 Å². The molecule has 5 heterocycles. The number of rotatable bonds is 7. The molecule has 190 valence electrons. The molecule has 1 aromatic carbocycles. The molecular weight excluding hydrogens is 440 g/mol. The first kappa shape index (κ1) is 23.7. The molecule has 0 amide bonds. The van der Waals surface area contributed by atoms with E-state index in [1.807, 2.05) is 36.5 Å². The molecule has 5 aliphatic rings. The van der Waals surface area contributed by atoms with E-state index >= 15 is 0 Å². The highest BCUT2D eigenvalue weighted by atomic mass is 16.7. The summed E-state index contributed by atoms with van der Waals surface area (Å²) in [4.78, 5) is 4.72. The van der Waals surface area contributed by atoms with E-state index in [4.69, 9.17) is 18.9 Å². The van der Waals surface area contributed by atoms with Crippen molar-refractivity contribution in [3.05, 3.63) is 53.7 Å². The number of oxazole rings is 1. The molecule has 6 nitrogen and oxygen atoms in total. The number of hydrogen-bond acceptors (Lipinski definition) is 5. The largest absolute Gasteiger partial charge is 0.436 e. The number of benzene rings is 1. The molecule has 0 radical (unpaired) electrons. The third-order valence-electron chi connectivity index (χ3n) is 9.29. The lowest BCUT2D eigenvalue weighted by atomic mass is 9.73. The van der Waals surface area contributed by atoms with Crippen molar-refractivity contribution in [2.45, 2.75) is 88.7 Å². The Kier molecular flexibility index (Phi) is 6.74. The Bertz CT molecular complexity index is 958. The van der Waals surface area contributed by atoms with Gasteiger partial charge in [-0.3, -0.25) is 0 Å². The summed E-state index contributed by atoms with van der Waals surface area (Å²) in [6, 6.07) is 10.0. The summed E-state index contributed by atoms with van der Waals surface area (Å²) in [5.74, 6) is 2.15. The third kappa shape index (κ3) is 4.71. The summed E-state index contributed by atoms with van der Waals surface area (Å²) >= 11 is 0. The Labute approximate surface area is 209 Å². The van der Waals surface area contributed by atoms with Gasteiger partial charge in [-0.1, -0.05) is 49.6 Å². The second kappa shape index (κ2) is 9.97. The van der Waals surface area contributed by atoms with Crippen LogP contribution in [0.5, 0.6) is 0 Å². The number of ether oxygens (including phenoxy) is 2. The van der Waals surface area contributed by atoms with Gasteiger partial charge in [0, 0.05) is 31.3 Å². The van der Waals surface area contributed by atoms with E-state index < -0.39 is 5.60 Å². The van der Waals surface area contributed by atoms with Crippen molar-refractivity contribution in [3.8, 4) is 0 Å². The number of hydrogen-bond donors (Lipinski definition) is 1. The van der Waals surface area contributed by atoms with Crippen molar-refractivity contribution in [1.82, 2.24) is 4.98 Å². The van der Waals surface area contributed by atoms with Crippen molar-refractivity contribution in [2.75, 3.05) is 26.2 Å². The van der Waals surface area contributed by atoms with Crippen LogP contribution in [0, 0.1) is 11.8 Å². The van der Waals surface area contributed by atoms with E-state index in [-0.39, 0.29) is 18.3 Å². The smallest absolute Gasteiger partial charge is 0.231 e. The van der Waals surface area contributed by atoms with E-state index in [0.717, 1.165) is 87.1 Å². The minimum absolute atomic E-state index is 0.0254. The molecular formula is C29H41N2O4+. The summed E-state index contributed by atoms with van der Waals surface area (Å²) in [5.41, 5.74) is -0.272. The molecule has 5 fully saturated rings. The van der Waals surface area contributed by atoms with Gasteiger partial charge in [0.25, 0.3) is 0 Å². The molecule has 1 unspecified atom stereocenters. The molecule has 35 heavy (non-hydrogen) atoms. The van der Waals surface area contributed by atoms with Crippen LogP contribution in [0.3, 0.4) is 0 Å². The van der Waals surface area contributed by atoms with Crippen molar-refractivity contribution in [2.24, 2.45) is 11.8 Å². The van der Waals surface area contributed by atoms with Gasteiger partial charge in [-0.05, 0) is 37.7 Å². The molecule has 1 aromatic heterocycles. The van der Waals surface area contributed by atoms with E-state index in [9.17, 15) is 5.11 Å². The first-order valence-electron chi connectivity index (χ1n) is 14.0. The molecule has 6 heteroatoms. The lowest BCUT2D eigenvalue weighted by molar-refractivity contribution is -0.959. The molecule has 0 spiro atoms. The van der Waals surface area contributed by atoms with Gasteiger partial charge in [-0.2, -0.15) is 0 Å².